The zero-order valence-corrected chi connectivity index (χ0v) is 14.9. The average Bonchev–Trinajstić information content (AvgIpc) is 3.04. The van der Waals surface area contributed by atoms with Gasteiger partial charge in [-0.25, -0.2) is 4.68 Å². The molecule has 0 spiro atoms. The number of aromatic nitrogens is 2. The number of nitro groups is 1. The minimum Gasteiger partial charge on any atom is -0.306 e. The summed E-state index contributed by atoms with van der Waals surface area (Å²) < 4.78 is 13.5. The van der Waals surface area contributed by atoms with Crippen molar-refractivity contribution >= 4 is 28.2 Å². The number of nitrogens with one attached hydrogen (secondary N) is 1. The second-order valence-electron chi connectivity index (χ2n) is 6.85. The molecule has 0 bridgehead atoms. The number of hydrogen-bond donors (Lipinski definition) is 1. The number of nitro benzene ring substituents is 1. The van der Waals surface area contributed by atoms with Gasteiger partial charge in [-0.1, -0.05) is 6.07 Å². The molecule has 0 saturated heterocycles. The van der Waals surface area contributed by atoms with Crippen molar-refractivity contribution in [2.75, 3.05) is 5.32 Å². The fraction of sp³-hybridized carbons (Fsp3) is 0.375. The summed E-state index contributed by atoms with van der Waals surface area (Å²) in [6, 6.07) is 5.54. The Morgan fingerprint density at radius 3 is 2.72 bits per heavy atom. The Morgan fingerprint density at radius 2 is 2.08 bits per heavy atom. The molecular formula is C16H18N4O4S. The fourth-order valence-corrected chi connectivity index (χ4v) is 3.95. The normalized spacial score (nSPS) is 16.5. The Kier molecular flexibility index (Phi) is 4.19. The van der Waals surface area contributed by atoms with Crippen LogP contribution in [0.3, 0.4) is 0 Å². The molecule has 0 radical (unpaired) electrons. The number of rotatable bonds is 3. The third kappa shape index (κ3) is 3.32. The van der Waals surface area contributed by atoms with Crippen LogP contribution >= 0.6 is 0 Å². The number of fused-ring (bicyclic) bond motifs is 1. The summed E-state index contributed by atoms with van der Waals surface area (Å²) >= 11 is 0. The third-order valence-corrected chi connectivity index (χ3v) is 5.06. The SMILES string of the molecule is CC(C)(C)n1nc2c(c1NC(=O)c1cccc([N+](=O)[O-])c1)CS(=O)C2. The van der Waals surface area contributed by atoms with Crippen molar-refractivity contribution in [3.63, 3.8) is 0 Å². The van der Waals surface area contributed by atoms with E-state index in [9.17, 15) is 19.1 Å². The van der Waals surface area contributed by atoms with Crippen molar-refractivity contribution in [2.45, 2.75) is 37.8 Å². The molecule has 1 unspecified atom stereocenters. The van der Waals surface area contributed by atoms with E-state index in [4.69, 9.17) is 0 Å². The zero-order valence-electron chi connectivity index (χ0n) is 14.1. The predicted molar refractivity (Wildman–Crippen MR) is 93.8 cm³/mol. The molecule has 9 heteroatoms. The number of anilines is 1. The maximum absolute atomic E-state index is 12.6. The van der Waals surface area contributed by atoms with Crippen molar-refractivity contribution in [1.82, 2.24) is 9.78 Å². The van der Waals surface area contributed by atoms with E-state index in [1.54, 1.807) is 4.68 Å². The Bertz CT molecular complexity index is 898. The fourth-order valence-electron chi connectivity index (χ4n) is 2.68. The van der Waals surface area contributed by atoms with Crippen LogP contribution < -0.4 is 5.32 Å². The van der Waals surface area contributed by atoms with E-state index in [1.165, 1.54) is 24.3 Å². The van der Waals surface area contributed by atoms with Gasteiger partial charge in [0.1, 0.15) is 5.82 Å². The van der Waals surface area contributed by atoms with Gasteiger partial charge >= 0.3 is 0 Å². The van der Waals surface area contributed by atoms with Crippen LogP contribution in [0.15, 0.2) is 24.3 Å². The van der Waals surface area contributed by atoms with Crippen molar-refractivity contribution < 1.29 is 13.9 Å². The number of benzene rings is 1. The highest BCUT2D eigenvalue weighted by Crippen LogP contribution is 2.33. The lowest BCUT2D eigenvalue weighted by molar-refractivity contribution is -0.384. The first kappa shape index (κ1) is 17.3. The van der Waals surface area contributed by atoms with E-state index < -0.39 is 21.6 Å². The number of carbonyl (C=O) groups is 1. The van der Waals surface area contributed by atoms with E-state index >= 15 is 0 Å². The molecule has 1 aromatic heterocycles. The molecular weight excluding hydrogens is 344 g/mol. The highest BCUT2D eigenvalue weighted by atomic mass is 32.2. The highest BCUT2D eigenvalue weighted by Gasteiger charge is 2.31. The lowest BCUT2D eigenvalue weighted by Gasteiger charge is -2.23. The molecule has 1 aromatic carbocycles. The Morgan fingerprint density at radius 1 is 1.36 bits per heavy atom. The Labute approximate surface area is 146 Å². The molecule has 1 atom stereocenters. The summed E-state index contributed by atoms with van der Waals surface area (Å²) in [7, 11) is -1.02. The van der Waals surface area contributed by atoms with Crippen LogP contribution in [-0.4, -0.2) is 24.8 Å². The van der Waals surface area contributed by atoms with Crippen LogP contribution in [0.25, 0.3) is 0 Å². The summed E-state index contributed by atoms with van der Waals surface area (Å²) in [5, 5.41) is 18.2. The minimum absolute atomic E-state index is 0.150. The summed E-state index contributed by atoms with van der Waals surface area (Å²) in [6.45, 7) is 5.86. The number of carbonyl (C=O) groups excluding carboxylic acids is 1. The van der Waals surface area contributed by atoms with Gasteiger partial charge in [0.05, 0.1) is 27.7 Å². The lowest BCUT2D eigenvalue weighted by Crippen LogP contribution is -2.27. The van der Waals surface area contributed by atoms with Crippen LogP contribution in [0.4, 0.5) is 11.5 Å². The van der Waals surface area contributed by atoms with E-state index in [2.05, 4.69) is 10.4 Å². The molecule has 2 heterocycles. The quantitative estimate of drug-likeness (QED) is 0.667. The lowest BCUT2D eigenvalue weighted by atomic mass is 10.1. The van der Waals surface area contributed by atoms with Gasteiger partial charge in [0.2, 0.25) is 0 Å². The maximum atomic E-state index is 12.6. The van der Waals surface area contributed by atoms with E-state index in [0.29, 0.717) is 17.3 Å². The first-order chi connectivity index (χ1) is 11.7. The molecule has 3 rings (SSSR count). The van der Waals surface area contributed by atoms with Crippen LogP contribution in [0.5, 0.6) is 0 Å². The molecule has 0 aliphatic carbocycles. The van der Waals surface area contributed by atoms with Crippen molar-refractivity contribution in [2.24, 2.45) is 0 Å². The van der Waals surface area contributed by atoms with Gasteiger partial charge in [-0.15, -0.1) is 0 Å². The molecule has 132 valence electrons. The number of non-ortho nitro benzene ring substituents is 1. The first-order valence-corrected chi connectivity index (χ1v) is 9.17. The molecule has 0 saturated carbocycles. The third-order valence-electron chi connectivity index (χ3n) is 3.86. The van der Waals surface area contributed by atoms with Gasteiger partial charge in [0.25, 0.3) is 11.6 Å². The summed E-state index contributed by atoms with van der Waals surface area (Å²) in [5.41, 5.74) is 1.15. The van der Waals surface area contributed by atoms with Crippen molar-refractivity contribution in [3.8, 4) is 0 Å². The second-order valence-corrected chi connectivity index (χ2v) is 8.30. The molecule has 0 fully saturated rings. The van der Waals surface area contributed by atoms with Gasteiger partial charge < -0.3 is 5.32 Å². The number of nitrogens with zero attached hydrogens (tertiary/aromatic N) is 3. The minimum atomic E-state index is -1.02. The molecule has 1 aliphatic heterocycles. The smallest absolute Gasteiger partial charge is 0.270 e. The van der Waals surface area contributed by atoms with Gasteiger partial charge in [0, 0.05) is 34.1 Å². The first-order valence-electron chi connectivity index (χ1n) is 7.69. The zero-order chi connectivity index (χ0) is 18.4. The second kappa shape index (κ2) is 6.07. The predicted octanol–water partition coefficient (Wildman–Crippen LogP) is 2.56. The summed E-state index contributed by atoms with van der Waals surface area (Å²) in [5.74, 6) is 0.757. The van der Waals surface area contributed by atoms with Crippen molar-refractivity contribution in [1.29, 1.82) is 0 Å². The van der Waals surface area contributed by atoms with Gasteiger partial charge in [-0.05, 0) is 26.8 Å². The van der Waals surface area contributed by atoms with Crippen LogP contribution in [0, 0.1) is 10.1 Å². The van der Waals surface area contributed by atoms with Crippen molar-refractivity contribution in [3.05, 3.63) is 51.2 Å². The molecule has 1 amide bonds. The van der Waals surface area contributed by atoms with Crippen LogP contribution in [-0.2, 0) is 27.8 Å². The number of amides is 1. The van der Waals surface area contributed by atoms with Gasteiger partial charge in [-0.3, -0.25) is 19.1 Å². The number of hydrogen-bond acceptors (Lipinski definition) is 5. The molecule has 25 heavy (non-hydrogen) atoms. The van der Waals surface area contributed by atoms with Gasteiger partial charge in [-0.2, -0.15) is 5.10 Å². The average molecular weight is 362 g/mol. The summed E-state index contributed by atoms with van der Waals surface area (Å²) in [4.78, 5) is 22.9. The Balaban J connectivity index is 1.98. The molecule has 1 aliphatic rings. The van der Waals surface area contributed by atoms with E-state index in [0.717, 1.165) is 11.3 Å². The molecule has 2 aromatic rings. The van der Waals surface area contributed by atoms with Crippen LogP contribution in [0.2, 0.25) is 0 Å². The van der Waals surface area contributed by atoms with Gasteiger partial charge in [0.15, 0.2) is 0 Å². The monoisotopic (exact) mass is 362 g/mol. The van der Waals surface area contributed by atoms with E-state index in [1.807, 2.05) is 20.8 Å². The maximum Gasteiger partial charge on any atom is 0.270 e. The highest BCUT2D eigenvalue weighted by molar-refractivity contribution is 7.83. The Hall–Kier alpha value is -2.55. The molecule has 8 nitrogen and oxygen atoms in total. The largest absolute Gasteiger partial charge is 0.306 e. The summed E-state index contributed by atoms with van der Waals surface area (Å²) in [6.07, 6.45) is 0. The standard InChI is InChI=1S/C16H18N4O4S/c1-16(2,3)19-14(12-8-25(24)9-13(12)18-19)17-15(21)10-5-4-6-11(7-10)20(22)23/h4-7H,8-9H2,1-3H3,(H,17,21). The van der Waals surface area contributed by atoms with E-state index in [-0.39, 0.29) is 16.8 Å². The molecule has 1 N–H and O–H groups in total. The topological polar surface area (TPSA) is 107 Å². The van der Waals surface area contributed by atoms with Crippen LogP contribution in [0.1, 0.15) is 42.4 Å².